The predicted octanol–water partition coefficient (Wildman–Crippen LogP) is 4.01. The van der Waals surface area contributed by atoms with Crippen molar-refractivity contribution < 1.29 is 9.13 Å². The molecule has 1 atom stereocenters. The van der Waals surface area contributed by atoms with Crippen LogP contribution in [-0.4, -0.2) is 37.7 Å². The zero-order valence-electron chi connectivity index (χ0n) is 16.3. The van der Waals surface area contributed by atoms with Crippen LogP contribution in [0.4, 0.5) is 4.39 Å². The Bertz CT molecular complexity index is 1010. The van der Waals surface area contributed by atoms with Crippen molar-refractivity contribution in [2.45, 2.75) is 12.6 Å². The standard InChI is InChI=1S/C24H24FN3O/c25-22-7-5-19(6-8-22)24(28-11-9-27-10-12-28)17-29-16-21-14-18(15-26)13-20-3-1-2-4-23(20)21/h1-8,13-14,24,27H,9-12,16-17H2. The molecular weight excluding hydrogens is 365 g/mol. The van der Waals surface area contributed by atoms with E-state index in [0.717, 1.165) is 48.1 Å². The van der Waals surface area contributed by atoms with E-state index < -0.39 is 0 Å². The number of hydrogen-bond donors (Lipinski definition) is 1. The van der Waals surface area contributed by atoms with Gasteiger partial charge in [-0.15, -0.1) is 0 Å². The molecule has 3 aromatic rings. The number of rotatable bonds is 6. The van der Waals surface area contributed by atoms with Gasteiger partial charge in [-0.3, -0.25) is 4.90 Å². The highest BCUT2D eigenvalue weighted by atomic mass is 19.1. The first-order valence-corrected chi connectivity index (χ1v) is 9.94. The molecule has 1 saturated heterocycles. The number of fused-ring (bicyclic) bond motifs is 1. The number of piperazine rings is 1. The Hall–Kier alpha value is -2.78. The van der Waals surface area contributed by atoms with Gasteiger partial charge in [-0.2, -0.15) is 5.26 Å². The number of benzene rings is 3. The quantitative estimate of drug-likeness (QED) is 0.692. The lowest BCUT2D eigenvalue weighted by Gasteiger charge is -2.35. The van der Waals surface area contributed by atoms with Crippen LogP contribution in [0.3, 0.4) is 0 Å². The van der Waals surface area contributed by atoms with Gasteiger partial charge in [0.25, 0.3) is 0 Å². The predicted molar refractivity (Wildman–Crippen MR) is 112 cm³/mol. The molecule has 4 rings (SSSR count). The highest BCUT2D eigenvalue weighted by Crippen LogP contribution is 2.25. The summed E-state index contributed by atoms with van der Waals surface area (Å²) >= 11 is 0. The molecule has 1 aliphatic heterocycles. The van der Waals surface area contributed by atoms with E-state index >= 15 is 0 Å². The first kappa shape index (κ1) is 19.5. The number of nitriles is 1. The first-order chi connectivity index (χ1) is 14.2. The van der Waals surface area contributed by atoms with Gasteiger partial charge in [-0.05, 0) is 46.2 Å². The summed E-state index contributed by atoms with van der Waals surface area (Å²) in [6.07, 6.45) is 0. The van der Waals surface area contributed by atoms with E-state index in [4.69, 9.17) is 4.74 Å². The Morgan fingerprint density at radius 2 is 1.83 bits per heavy atom. The van der Waals surface area contributed by atoms with Crippen molar-refractivity contribution in [3.8, 4) is 6.07 Å². The average molecular weight is 389 g/mol. The van der Waals surface area contributed by atoms with Crippen molar-refractivity contribution in [2.75, 3.05) is 32.8 Å². The summed E-state index contributed by atoms with van der Waals surface area (Å²) in [5.41, 5.74) is 2.71. The van der Waals surface area contributed by atoms with Crippen LogP contribution in [-0.2, 0) is 11.3 Å². The van der Waals surface area contributed by atoms with Gasteiger partial charge in [0.1, 0.15) is 5.82 Å². The van der Waals surface area contributed by atoms with E-state index in [1.807, 2.05) is 42.5 Å². The minimum atomic E-state index is -0.228. The van der Waals surface area contributed by atoms with Gasteiger partial charge in [-0.25, -0.2) is 4.39 Å². The minimum absolute atomic E-state index is 0.0723. The zero-order valence-corrected chi connectivity index (χ0v) is 16.3. The lowest BCUT2D eigenvalue weighted by molar-refractivity contribution is 0.0446. The number of nitrogens with zero attached hydrogens (tertiary/aromatic N) is 2. The molecule has 5 heteroatoms. The number of halogens is 1. The van der Waals surface area contributed by atoms with Crippen molar-refractivity contribution in [2.24, 2.45) is 0 Å². The molecule has 1 fully saturated rings. The molecule has 0 amide bonds. The van der Waals surface area contributed by atoms with Gasteiger partial charge in [0.05, 0.1) is 30.9 Å². The van der Waals surface area contributed by atoms with Gasteiger partial charge in [-0.1, -0.05) is 36.4 Å². The summed E-state index contributed by atoms with van der Waals surface area (Å²) in [5, 5.41) is 14.9. The van der Waals surface area contributed by atoms with E-state index in [1.165, 1.54) is 12.1 Å². The number of ether oxygens (including phenoxy) is 1. The molecule has 0 saturated carbocycles. The molecule has 1 N–H and O–H groups in total. The lowest BCUT2D eigenvalue weighted by Crippen LogP contribution is -2.46. The maximum absolute atomic E-state index is 13.4. The summed E-state index contributed by atoms with van der Waals surface area (Å²) in [6.45, 7) is 4.67. The average Bonchev–Trinajstić information content (AvgIpc) is 2.78. The second kappa shape index (κ2) is 9.15. The monoisotopic (exact) mass is 389 g/mol. The molecule has 4 nitrogen and oxygen atoms in total. The smallest absolute Gasteiger partial charge is 0.123 e. The van der Waals surface area contributed by atoms with Gasteiger partial charge >= 0.3 is 0 Å². The maximum Gasteiger partial charge on any atom is 0.123 e. The Balaban J connectivity index is 1.53. The van der Waals surface area contributed by atoms with Crippen molar-refractivity contribution in [1.29, 1.82) is 5.26 Å². The van der Waals surface area contributed by atoms with E-state index in [-0.39, 0.29) is 11.9 Å². The topological polar surface area (TPSA) is 48.3 Å². The molecule has 29 heavy (non-hydrogen) atoms. The number of hydrogen-bond acceptors (Lipinski definition) is 4. The SMILES string of the molecule is N#Cc1cc(COCC(c2ccc(F)cc2)N2CCNCC2)c2ccccc2c1. The van der Waals surface area contributed by atoms with Gasteiger partial charge < -0.3 is 10.1 Å². The van der Waals surface area contributed by atoms with Gasteiger partial charge in [0.2, 0.25) is 0 Å². The molecule has 1 unspecified atom stereocenters. The Kier molecular flexibility index (Phi) is 6.16. The fraction of sp³-hybridized carbons (Fsp3) is 0.292. The third-order valence-corrected chi connectivity index (χ3v) is 5.46. The van der Waals surface area contributed by atoms with E-state index in [1.54, 1.807) is 0 Å². The molecule has 0 radical (unpaired) electrons. The third kappa shape index (κ3) is 4.63. The van der Waals surface area contributed by atoms with Crippen LogP contribution in [0.2, 0.25) is 0 Å². The largest absolute Gasteiger partial charge is 0.375 e. The van der Waals surface area contributed by atoms with Crippen LogP contribution in [0.25, 0.3) is 10.8 Å². The summed E-state index contributed by atoms with van der Waals surface area (Å²) in [5.74, 6) is -0.228. The molecule has 0 aromatic heterocycles. The Morgan fingerprint density at radius 3 is 2.59 bits per heavy atom. The summed E-state index contributed by atoms with van der Waals surface area (Å²) in [4.78, 5) is 2.38. The van der Waals surface area contributed by atoms with Crippen LogP contribution in [0.15, 0.2) is 60.7 Å². The summed E-state index contributed by atoms with van der Waals surface area (Å²) in [7, 11) is 0. The molecule has 0 spiro atoms. The van der Waals surface area contributed by atoms with Crippen LogP contribution >= 0.6 is 0 Å². The third-order valence-electron chi connectivity index (χ3n) is 5.46. The first-order valence-electron chi connectivity index (χ1n) is 9.94. The maximum atomic E-state index is 13.4. The normalized spacial score (nSPS) is 15.9. The van der Waals surface area contributed by atoms with Crippen molar-refractivity contribution in [1.82, 2.24) is 10.2 Å². The van der Waals surface area contributed by atoms with Crippen molar-refractivity contribution in [3.05, 3.63) is 83.2 Å². The minimum Gasteiger partial charge on any atom is -0.375 e. The summed E-state index contributed by atoms with van der Waals surface area (Å²) < 4.78 is 19.6. The van der Waals surface area contributed by atoms with Crippen LogP contribution in [0.1, 0.15) is 22.7 Å². The van der Waals surface area contributed by atoms with Crippen LogP contribution in [0.5, 0.6) is 0 Å². The Morgan fingerprint density at radius 1 is 1.07 bits per heavy atom. The van der Waals surface area contributed by atoms with Crippen molar-refractivity contribution in [3.63, 3.8) is 0 Å². The molecule has 1 heterocycles. The fourth-order valence-corrected chi connectivity index (χ4v) is 3.95. The van der Waals surface area contributed by atoms with E-state index in [9.17, 15) is 9.65 Å². The van der Waals surface area contributed by atoms with Crippen LogP contribution in [0, 0.1) is 17.1 Å². The molecule has 148 valence electrons. The van der Waals surface area contributed by atoms with Crippen molar-refractivity contribution >= 4 is 10.8 Å². The van der Waals surface area contributed by atoms with Crippen LogP contribution < -0.4 is 5.32 Å². The highest BCUT2D eigenvalue weighted by molar-refractivity contribution is 5.87. The molecular formula is C24H24FN3O. The van der Waals surface area contributed by atoms with E-state index in [0.29, 0.717) is 18.8 Å². The Labute approximate surface area is 170 Å². The second-order valence-electron chi connectivity index (χ2n) is 7.34. The summed E-state index contributed by atoms with van der Waals surface area (Å²) in [6, 6.07) is 20.9. The lowest BCUT2D eigenvalue weighted by atomic mass is 10.0. The molecule has 0 aliphatic carbocycles. The zero-order chi connectivity index (χ0) is 20.1. The second-order valence-corrected chi connectivity index (χ2v) is 7.34. The van der Waals surface area contributed by atoms with E-state index in [2.05, 4.69) is 22.4 Å². The highest BCUT2D eigenvalue weighted by Gasteiger charge is 2.22. The number of nitrogens with one attached hydrogen (secondary N) is 1. The fourth-order valence-electron chi connectivity index (χ4n) is 3.95. The molecule has 3 aromatic carbocycles. The molecule has 1 aliphatic rings. The van der Waals surface area contributed by atoms with Gasteiger partial charge in [0, 0.05) is 26.2 Å². The molecule has 0 bridgehead atoms. The van der Waals surface area contributed by atoms with Gasteiger partial charge in [0.15, 0.2) is 0 Å².